The lowest BCUT2D eigenvalue weighted by atomic mass is 10.0. The van der Waals surface area contributed by atoms with E-state index in [2.05, 4.69) is 5.32 Å². The molecule has 0 atom stereocenters. The Balaban J connectivity index is 1.94. The summed E-state index contributed by atoms with van der Waals surface area (Å²) in [5.74, 6) is 0.993. The molecule has 1 aliphatic heterocycles. The van der Waals surface area contributed by atoms with Gasteiger partial charge in [0.25, 0.3) is 5.91 Å². The van der Waals surface area contributed by atoms with Crippen molar-refractivity contribution in [3.63, 3.8) is 0 Å². The minimum atomic E-state index is -0.306. The van der Waals surface area contributed by atoms with Crippen LogP contribution in [0.4, 0.5) is 0 Å². The Hall–Kier alpha value is -3.01. The summed E-state index contributed by atoms with van der Waals surface area (Å²) in [7, 11) is 0. The van der Waals surface area contributed by atoms with Gasteiger partial charge in [-0.15, -0.1) is 0 Å². The first-order valence-corrected chi connectivity index (χ1v) is 7.47. The number of allylic oxidation sites excluding steroid dienone is 1. The van der Waals surface area contributed by atoms with Gasteiger partial charge in [0.05, 0.1) is 11.3 Å². The van der Waals surface area contributed by atoms with Crippen LogP contribution in [0.1, 0.15) is 18.9 Å². The molecule has 23 heavy (non-hydrogen) atoms. The lowest BCUT2D eigenvalue weighted by molar-refractivity contribution is -0.114. The molecule has 0 saturated carbocycles. The van der Waals surface area contributed by atoms with Crippen molar-refractivity contribution in [1.29, 1.82) is 0 Å². The lowest BCUT2D eigenvalue weighted by Crippen LogP contribution is -2.15. The molecule has 2 aromatic carbocycles. The highest BCUT2D eigenvalue weighted by Crippen LogP contribution is 2.30. The molecular formula is C19H17NO3. The summed E-state index contributed by atoms with van der Waals surface area (Å²) in [5, 5.41) is 13.0. The molecule has 1 amide bonds. The SMILES string of the molecule is CCC=C1NC(=O)C(c2cccc(Oc3ccccc3)c2)=C1O. The maximum absolute atomic E-state index is 12.1. The third-order valence-electron chi connectivity index (χ3n) is 3.48. The number of para-hydroxylation sites is 1. The number of aliphatic hydroxyl groups excluding tert-OH is 1. The van der Waals surface area contributed by atoms with E-state index in [1.165, 1.54) is 0 Å². The standard InChI is InChI=1S/C19H17NO3/c1-2-7-16-18(21)17(19(22)20-16)13-8-6-11-15(12-13)23-14-9-4-3-5-10-14/h3-12,21H,2H2,1H3,(H,20,22). The zero-order chi connectivity index (χ0) is 16.2. The number of rotatable bonds is 4. The second-order valence-corrected chi connectivity index (χ2v) is 5.15. The molecule has 4 nitrogen and oxygen atoms in total. The number of carbonyl (C=O) groups excluding carboxylic acids is 1. The first-order valence-electron chi connectivity index (χ1n) is 7.47. The highest BCUT2D eigenvalue weighted by atomic mass is 16.5. The predicted octanol–water partition coefficient (Wildman–Crippen LogP) is 4.17. The molecule has 0 fully saturated rings. The van der Waals surface area contributed by atoms with E-state index in [1.807, 2.05) is 43.3 Å². The molecule has 4 heteroatoms. The fraction of sp³-hybridized carbons (Fsp3) is 0.105. The number of hydrogen-bond donors (Lipinski definition) is 2. The molecule has 116 valence electrons. The Morgan fingerprint density at radius 1 is 1.09 bits per heavy atom. The zero-order valence-corrected chi connectivity index (χ0v) is 12.7. The van der Waals surface area contributed by atoms with E-state index in [-0.39, 0.29) is 17.2 Å². The quantitative estimate of drug-likeness (QED) is 0.891. The van der Waals surface area contributed by atoms with Crippen LogP contribution in [0.5, 0.6) is 11.5 Å². The average molecular weight is 307 g/mol. The zero-order valence-electron chi connectivity index (χ0n) is 12.7. The summed E-state index contributed by atoms with van der Waals surface area (Å²) >= 11 is 0. The summed E-state index contributed by atoms with van der Waals surface area (Å²) in [6.45, 7) is 1.94. The van der Waals surface area contributed by atoms with Crippen molar-refractivity contribution in [3.8, 4) is 11.5 Å². The van der Waals surface area contributed by atoms with Crippen LogP contribution >= 0.6 is 0 Å². The van der Waals surface area contributed by atoms with E-state index < -0.39 is 0 Å². The Kier molecular flexibility index (Phi) is 4.15. The minimum absolute atomic E-state index is 0.0197. The van der Waals surface area contributed by atoms with E-state index in [0.717, 1.165) is 6.42 Å². The number of amides is 1. The topological polar surface area (TPSA) is 58.6 Å². The number of ether oxygens (including phenoxy) is 1. The van der Waals surface area contributed by atoms with Crippen LogP contribution in [0.2, 0.25) is 0 Å². The lowest BCUT2D eigenvalue weighted by Gasteiger charge is -2.07. The molecule has 0 aromatic heterocycles. The number of aliphatic hydroxyl groups is 1. The van der Waals surface area contributed by atoms with Crippen molar-refractivity contribution in [2.45, 2.75) is 13.3 Å². The monoisotopic (exact) mass is 307 g/mol. The van der Waals surface area contributed by atoms with E-state index >= 15 is 0 Å². The minimum Gasteiger partial charge on any atom is -0.505 e. The van der Waals surface area contributed by atoms with Gasteiger partial charge in [-0.2, -0.15) is 0 Å². The van der Waals surface area contributed by atoms with Gasteiger partial charge in [0.2, 0.25) is 0 Å². The van der Waals surface area contributed by atoms with E-state index in [0.29, 0.717) is 22.8 Å². The van der Waals surface area contributed by atoms with Crippen LogP contribution in [0.3, 0.4) is 0 Å². The van der Waals surface area contributed by atoms with Gasteiger partial charge in [0, 0.05) is 0 Å². The summed E-state index contributed by atoms with van der Waals surface area (Å²) in [5.41, 5.74) is 1.35. The van der Waals surface area contributed by atoms with E-state index in [1.54, 1.807) is 24.3 Å². The van der Waals surface area contributed by atoms with Crippen molar-refractivity contribution in [2.24, 2.45) is 0 Å². The Morgan fingerprint density at radius 2 is 1.83 bits per heavy atom. The van der Waals surface area contributed by atoms with E-state index in [4.69, 9.17) is 4.74 Å². The summed E-state index contributed by atoms with van der Waals surface area (Å²) in [6.07, 6.45) is 2.51. The normalized spacial score (nSPS) is 15.9. The number of carbonyl (C=O) groups is 1. The molecule has 3 rings (SSSR count). The van der Waals surface area contributed by atoms with E-state index in [9.17, 15) is 9.90 Å². The average Bonchev–Trinajstić information content (AvgIpc) is 2.83. The van der Waals surface area contributed by atoms with Crippen LogP contribution in [-0.2, 0) is 4.79 Å². The highest BCUT2D eigenvalue weighted by Gasteiger charge is 2.28. The van der Waals surface area contributed by atoms with Crippen molar-refractivity contribution in [1.82, 2.24) is 5.32 Å². The van der Waals surface area contributed by atoms with Crippen LogP contribution in [0, 0.1) is 0 Å². The maximum atomic E-state index is 12.1. The molecule has 1 heterocycles. The second kappa shape index (κ2) is 6.40. The summed E-state index contributed by atoms with van der Waals surface area (Å²) in [4.78, 5) is 12.1. The van der Waals surface area contributed by atoms with Gasteiger partial charge in [-0.1, -0.05) is 43.3 Å². The van der Waals surface area contributed by atoms with Crippen LogP contribution in [0.15, 0.2) is 72.1 Å². The first kappa shape index (κ1) is 14.9. The fourth-order valence-corrected chi connectivity index (χ4v) is 2.45. The van der Waals surface area contributed by atoms with Gasteiger partial charge < -0.3 is 15.2 Å². The summed E-state index contributed by atoms with van der Waals surface area (Å²) in [6, 6.07) is 16.5. The van der Waals surface area contributed by atoms with Gasteiger partial charge in [-0.05, 0) is 36.2 Å². The Labute approximate surface area is 134 Å². The second-order valence-electron chi connectivity index (χ2n) is 5.15. The highest BCUT2D eigenvalue weighted by molar-refractivity contribution is 6.24. The molecule has 0 saturated heterocycles. The van der Waals surface area contributed by atoms with Gasteiger partial charge in [-0.25, -0.2) is 0 Å². The number of benzene rings is 2. The first-order chi connectivity index (χ1) is 11.2. The molecule has 0 radical (unpaired) electrons. The Morgan fingerprint density at radius 3 is 2.57 bits per heavy atom. The molecule has 1 aliphatic rings. The van der Waals surface area contributed by atoms with Crippen molar-refractivity contribution in [3.05, 3.63) is 77.7 Å². The van der Waals surface area contributed by atoms with Crippen LogP contribution < -0.4 is 10.1 Å². The molecular weight excluding hydrogens is 290 g/mol. The third kappa shape index (κ3) is 3.11. The molecule has 0 aliphatic carbocycles. The van der Waals surface area contributed by atoms with Crippen LogP contribution in [-0.4, -0.2) is 11.0 Å². The maximum Gasteiger partial charge on any atom is 0.260 e. The number of hydrogen-bond acceptors (Lipinski definition) is 3. The molecule has 0 bridgehead atoms. The molecule has 0 unspecified atom stereocenters. The molecule has 0 spiro atoms. The van der Waals surface area contributed by atoms with Gasteiger partial charge in [0.1, 0.15) is 11.5 Å². The van der Waals surface area contributed by atoms with Crippen LogP contribution in [0.25, 0.3) is 5.57 Å². The molecule has 2 N–H and O–H groups in total. The fourth-order valence-electron chi connectivity index (χ4n) is 2.45. The predicted molar refractivity (Wildman–Crippen MR) is 89.0 cm³/mol. The van der Waals surface area contributed by atoms with Crippen molar-refractivity contribution < 1.29 is 14.6 Å². The third-order valence-corrected chi connectivity index (χ3v) is 3.48. The van der Waals surface area contributed by atoms with Gasteiger partial charge >= 0.3 is 0 Å². The Bertz CT molecular complexity index is 791. The number of nitrogens with one attached hydrogen (secondary N) is 1. The smallest absolute Gasteiger partial charge is 0.260 e. The molecule has 2 aromatic rings. The van der Waals surface area contributed by atoms with Crippen molar-refractivity contribution in [2.75, 3.05) is 0 Å². The summed E-state index contributed by atoms with van der Waals surface area (Å²) < 4.78 is 5.77. The van der Waals surface area contributed by atoms with Gasteiger partial charge in [0.15, 0.2) is 5.76 Å². The van der Waals surface area contributed by atoms with Gasteiger partial charge in [-0.3, -0.25) is 4.79 Å². The largest absolute Gasteiger partial charge is 0.505 e. The van der Waals surface area contributed by atoms with Crippen molar-refractivity contribution >= 4 is 11.5 Å².